The van der Waals surface area contributed by atoms with Crippen molar-refractivity contribution in [2.45, 2.75) is 26.4 Å². The van der Waals surface area contributed by atoms with Crippen molar-refractivity contribution in [2.75, 3.05) is 5.32 Å². The average molecular weight is 323 g/mol. The SMILES string of the molecule is Cc1cccc(-c2ccc3nc(NC(=O)[C@@H]4C[C@@H]4F)cn3c2)c1C. The van der Waals surface area contributed by atoms with E-state index in [2.05, 4.69) is 36.3 Å². The van der Waals surface area contributed by atoms with Gasteiger partial charge in [0, 0.05) is 6.20 Å². The summed E-state index contributed by atoms with van der Waals surface area (Å²) in [6.07, 6.45) is 3.07. The summed E-state index contributed by atoms with van der Waals surface area (Å²) in [6.45, 7) is 4.20. The van der Waals surface area contributed by atoms with Crippen LogP contribution in [0.5, 0.6) is 0 Å². The zero-order valence-corrected chi connectivity index (χ0v) is 13.6. The minimum atomic E-state index is -1.00. The zero-order valence-electron chi connectivity index (χ0n) is 13.6. The lowest BCUT2D eigenvalue weighted by Crippen LogP contribution is -2.15. The molecule has 1 saturated carbocycles. The van der Waals surface area contributed by atoms with Gasteiger partial charge in [-0.1, -0.05) is 18.2 Å². The fourth-order valence-electron chi connectivity index (χ4n) is 2.93. The van der Waals surface area contributed by atoms with Crippen LogP contribution in [0.3, 0.4) is 0 Å². The summed E-state index contributed by atoms with van der Waals surface area (Å²) in [5, 5.41) is 2.69. The van der Waals surface area contributed by atoms with E-state index in [1.54, 1.807) is 6.20 Å². The van der Waals surface area contributed by atoms with Gasteiger partial charge in [0.2, 0.25) is 5.91 Å². The highest BCUT2D eigenvalue weighted by Crippen LogP contribution is 2.34. The van der Waals surface area contributed by atoms with E-state index in [0.717, 1.165) is 11.2 Å². The van der Waals surface area contributed by atoms with Gasteiger partial charge in [0.25, 0.3) is 0 Å². The van der Waals surface area contributed by atoms with Crippen LogP contribution in [0.1, 0.15) is 17.5 Å². The first-order valence-corrected chi connectivity index (χ1v) is 8.03. The molecule has 3 aromatic rings. The molecule has 0 aliphatic heterocycles. The molecule has 1 amide bonds. The highest BCUT2D eigenvalue weighted by atomic mass is 19.1. The van der Waals surface area contributed by atoms with Gasteiger partial charge in [0.1, 0.15) is 11.8 Å². The summed E-state index contributed by atoms with van der Waals surface area (Å²) in [4.78, 5) is 16.2. The van der Waals surface area contributed by atoms with Crippen molar-refractivity contribution in [1.82, 2.24) is 9.38 Å². The molecule has 0 spiro atoms. The van der Waals surface area contributed by atoms with Gasteiger partial charge in [0.15, 0.2) is 5.82 Å². The van der Waals surface area contributed by atoms with E-state index >= 15 is 0 Å². The Morgan fingerprint density at radius 1 is 1.25 bits per heavy atom. The van der Waals surface area contributed by atoms with Gasteiger partial charge in [-0.3, -0.25) is 4.79 Å². The first-order chi connectivity index (χ1) is 11.5. The van der Waals surface area contributed by atoms with Crippen LogP contribution >= 0.6 is 0 Å². The Balaban J connectivity index is 1.66. The average Bonchev–Trinajstić information content (AvgIpc) is 3.15. The van der Waals surface area contributed by atoms with Crippen molar-refractivity contribution in [3.63, 3.8) is 0 Å². The number of pyridine rings is 1. The Kier molecular flexibility index (Phi) is 3.37. The number of aryl methyl sites for hydroxylation is 1. The maximum Gasteiger partial charge on any atom is 0.231 e. The molecule has 4 rings (SSSR count). The predicted octanol–water partition coefficient (Wildman–Crippen LogP) is 3.91. The molecule has 4 nitrogen and oxygen atoms in total. The third-order valence-corrected chi connectivity index (χ3v) is 4.67. The van der Waals surface area contributed by atoms with Crippen LogP contribution in [0.15, 0.2) is 42.7 Å². The summed E-state index contributed by atoms with van der Waals surface area (Å²) in [6, 6.07) is 10.2. The van der Waals surface area contributed by atoms with Crippen LogP contribution in [0.25, 0.3) is 16.8 Å². The second-order valence-corrected chi connectivity index (χ2v) is 6.40. The number of nitrogens with zero attached hydrogens (tertiary/aromatic N) is 2. The molecular formula is C19H18FN3O. The lowest BCUT2D eigenvalue weighted by atomic mass is 9.98. The lowest BCUT2D eigenvalue weighted by Gasteiger charge is -2.09. The van der Waals surface area contributed by atoms with Gasteiger partial charge in [0.05, 0.1) is 12.1 Å². The van der Waals surface area contributed by atoms with E-state index in [1.807, 2.05) is 28.8 Å². The monoisotopic (exact) mass is 323 g/mol. The van der Waals surface area contributed by atoms with E-state index < -0.39 is 12.1 Å². The summed E-state index contributed by atoms with van der Waals surface area (Å²) < 4.78 is 14.8. The maximum atomic E-state index is 13.0. The highest BCUT2D eigenvalue weighted by molar-refractivity contribution is 5.94. The first kappa shape index (κ1) is 14.9. The van der Waals surface area contributed by atoms with Crippen molar-refractivity contribution in [3.8, 4) is 11.1 Å². The molecule has 24 heavy (non-hydrogen) atoms. The van der Waals surface area contributed by atoms with Crippen LogP contribution in [-0.4, -0.2) is 21.5 Å². The summed E-state index contributed by atoms with van der Waals surface area (Å²) >= 11 is 0. The van der Waals surface area contributed by atoms with Gasteiger partial charge >= 0.3 is 0 Å². The normalized spacial score (nSPS) is 19.5. The van der Waals surface area contributed by atoms with Crippen LogP contribution in [0.2, 0.25) is 0 Å². The molecule has 1 fully saturated rings. The predicted molar refractivity (Wildman–Crippen MR) is 91.7 cm³/mol. The highest BCUT2D eigenvalue weighted by Gasteiger charge is 2.43. The number of fused-ring (bicyclic) bond motifs is 1. The Bertz CT molecular complexity index is 947. The number of alkyl halides is 1. The summed E-state index contributed by atoms with van der Waals surface area (Å²) in [7, 11) is 0. The van der Waals surface area contributed by atoms with Crippen molar-refractivity contribution in [2.24, 2.45) is 5.92 Å². The standard InChI is InChI=1S/C19H18FN3O/c1-11-4-3-5-14(12(11)2)13-6-7-18-21-17(10-23(18)9-13)22-19(24)15-8-16(15)20/h3-7,9-10,15-16H,8H2,1-2H3,(H,22,24)/t15-,16+/m1/s1. The van der Waals surface area contributed by atoms with E-state index in [1.165, 1.54) is 16.7 Å². The third kappa shape index (κ3) is 2.56. The van der Waals surface area contributed by atoms with E-state index in [-0.39, 0.29) is 5.91 Å². The molecule has 0 bridgehead atoms. The molecule has 0 saturated heterocycles. The summed E-state index contributed by atoms with van der Waals surface area (Å²) in [5.41, 5.74) is 5.50. The molecule has 122 valence electrons. The number of carbonyl (C=O) groups excluding carboxylic acids is 1. The molecule has 1 N–H and O–H groups in total. The Morgan fingerprint density at radius 2 is 2.04 bits per heavy atom. The molecule has 1 aliphatic rings. The van der Waals surface area contributed by atoms with Crippen molar-refractivity contribution >= 4 is 17.4 Å². The molecule has 1 aliphatic carbocycles. The largest absolute Gasteiger partial charge is 0.309 e. The zero-order chi connectivity index (χ0) is 16.8. The number of anilines is 1. The van der Waals surface area contributed by atoms with Crippen LogP contribution in [0.4, 0.5) is 10.2 Å². The number of amides is 1. The first-order valence-electron chi connectivity index (χ1n) is 8.03. The second-order valence-electron chi connectivity index (χ2n) is 6.40. The maximum absolute atomic E-state index is 13.0. The van der Waals surface area contributed by atoms with Gasteiger partial charge in [-0.05, 0) is 54.7 Å². The smallest absolute Gasteiger partial charge is 0.231 e. The molecule has 2 atom stereocenters. The number of carbonyl (C=O) groups is 1. The van der Waals surface area contributed by atoms with Gasteiger partial charge < -0.3 is 9.72 Å². The number of aromatic nitrogens is 2. The molecule has 1 aromatic carbocycles. The van der Waals surface area contributed by atoms with Crippen molar-refractivity contribution in [3.05, 3.63) is 53.9 Å². The minimum absolute atomic E-state index is 0.291. The number of hydrogen-bond donors (Lipinski definition) is 1. The molecular weight excluding hydrogens is 305 g/mol. The van der Waals surface area contributed by atoms with Crippen molar-refractivity contribution < 1.29 is 9.18 Å². The number of benzene rings is 1. The molecule has 2 heterocycles. The molecule has 0 radical (unpaired) electrons. The number of rotatable bonds is 3. The van der Waals surface area contributed by atoms with Gasteiger partial charge in [-0.25, -0.2) is 9.37 Å². The fourth-order valence-corrected chi connectivity index (χ4v) is 2.93. The van der Waals surface area contributed by atoms with E-state index in [0.29, 0.717) is 12.2 Å². The molecule has 2 aromatic heterocycles. The quantitative estimate of drug-likeness (QED) is 0.794. The second kappa shape index (κ2) is 5.44. The van der Waals surface area contributed by atoms with E-state index in [4.69, 9.17) is 0 Å². The Hall–Kier alpha value is -2.69. The third-order valence-electron chi connectivity index (χ3n) is 4.67. The van der Waals surface area contributed by atoms with E-state index in [9.17, 15) is 9.18 Å². The van der Waals surface area contributed by atoms with Gasteiger partial charge in [-0.2, -0.15) is 0 Å². The number of nitrogens with one attached hydrogen (secondary N) is 1. The lowest BCUT2D eigenvalue weighted by molar-refractivity contribution is -0.117. The van der Waals surface area contributed by atoms with Crippen LogP contribution < -0.4 is 5.32 Å². The van der Waals surface area contributed by atoms with Crippen LogP contribution in [0, 0.1) is 19.8 Å². The van der Waals surface area contributed by atoms with Gasteiger partial charge in [-0.15, -0.1) is 0 Å². The Morgan fingerprint density at radius 3 is 2.79 bits per heavy atom. The number of halogens is 1. The number of hydrogen-bond acceptors (Lipinski definition) is 2. The molecule has 0 unspecified atom stereocenters. The molecule has 5 heteroatoms. The fraction of sp³-hybridized carbons (Fsp3) is 0.263. The Labute approximate surface area is 139 Å². The van der Waals surface area contributed by atoms with Crippen LogP contribution in [-0.2, 0) is 4.79 Å². The minimum Gasteiger partial charge on any atom is -0.309 e. The topological polar surface area (TPSA) is 46.4 Å². The van der Waals surface area contributed by atoms with Crippen molar-refractivity contribution in [1.29, 1.82) is 0 Å². The number of imidazole rings is 1. The summed E-state index contributed by atoms with van der Waals surface area (Å²) in [5.74, 6) is -0.349.